The Labute approximate surface area is 209 Å². The normalized spacial score (nSPS) is 10.8. The third-order valence-electron chi connectivity index (χ3n) is 5.08. The van der Waals surface area contributed by atoms with Gasteiger partial charge in [-0.2, -0.15) is 13.2 Å². The highest BCUT2D eigenvalue weighted by molar-refractivity contribution is 6.05. The van der Waals surface area contributed by atoms with E-state index in [1.165, 1.54) is 36.5 Å². The van der Waals surface area contributed by atoms with Crippen molar-refractivity contribution >= 4 is 41.4 Å². The minimum absolute atomic E-state index is 0.138. The smallest absolute Gasteiger partial charge is 0.416 e. The zero-order valence-corrected chi connectivity index (χ0v) is 19.8. The fourth-order valence-electron chi connectivity index (χ4n) is 3.09. The van der Waals surface area contributed by atoms with Crippen molar-refractivity contribution < 1.29 is 32.3 Å². The van der Waals surface area contributed by atoms with Crippen LogP contribution >= 0.6 is 0 Å². The maximum Gasteiger partial charge on any atom is 0.416 e. The maximum absolute atomic E-state index is 13.0. The van der Waals surface area contributed by atoms with Crippen molar-refractivity contribution in [2.24, 2.45) is 0 Å². The fraction of sp³-hybridized carbons (Fsp3) is 0.208. The van der Waals surface area contributed by atoms with Crippen LogP contribution in [0.5, 0.6) is 0 Å². The Morgan fingerprint density at radius 1 is 1.08 bits per heavy atom. The number of alkyl halides is 3. The number of aromatic nitrogens is 2. The first-order chi connectivity index (χ1) is 17.6. The van der Waals surface area contributed by atoms with Crippen molar-refractivity contribution in [2.45, 2.75) is 13.1 Å². The van der Waals surface area contributed by atoms with Crippen molar-refractivity contribution in [3.05, 3.63) is 71.5 Å². The molecule has 3 amide bonds. The fourth-order valence-corrected chi connectivity index (χ4v) is 3.09. The lowest BCUT2D eigenvalue weighted by Crippen LogP contribution is -2.32. The lowest BCUT2D eigenvalue weighted by molar-refractivity contribution is -0.137. The number of carbonyl (C=O) groups is 3. The molecule has 37 heavy (non-hydrogen) atoms. The zero-order chi connectivity index (χ0) is 27.0. The average Bonchev–Trinajstić information content (AvgIpc) is 2.88. The van der Waals surface area contributed by atoms with Gasteiger partial charge < -0.3 is 20.7 Å². The Balaban J connectivity index is 1.69. The van der Waals surface area contributed by atoms with E-state index in [0.29, 0.717) is 30.1 Å². The molecule has 3 aromatic rings. The van der Waals surface area contributed by atoms with Crippen LogP contribution in [0, 0.1) is 6.92 Å². The summed E-state index contributed by atoms with van der Waals surface area (Å²) < 4.78 is 43.5. The van der Waals surface area contributed by atoms with Gasteiger partial charge in [-0.1, -0.05) is 12.1 Å². The molecular formula is C24H23F3N6O4. The third kappa shape index (κ3) is 7.40. The first-order valence-electron chi connectivity index (χ1n) is 10.8. The topological polar surface area (TPSA) is 126 Å². The van der Waals surface area contributed by atoms with Crippen molar-refractivity contribution in [2.75, 3.05) is 41.0 Å². The Bertz CT molecular complexity index is 1290. The van der Waals surface area contributed by atoms with Crippen LogP contribution in [0.4, 0.5) is 41.0 Å². The van der Waals surface area contributed by atoms with E-state index < -0.39 is 23.7 Å². The number of nitrogens with zero attached hydrogens (tertiary/aromatic N) is 3. The van der Waals surface area contributed by atoms with Gasteiger partial charge in [0.2, 0.25) is 0 Å². The first kappa shape index (κ1) is 26.9. The molecule has 0 saturated heterocycles. The van der Waals surface area contributed by atoms with E-state index in [1.807, 2.05) is 0 Å². The van der Waals surface area contributed by atoms with Crippen LogP contribution in [0.15, 0.2) is 54.9 Å². The number of benzene rings is 2. The minimum Gasteiger partial charge on any atom is -0.466 e. The Hall–Kier alpha value is -4.68. The number of hydrogen-bond acceptors (Lipinski definition) is 7. The zero-order valence-electron chi connectivity index (χ0n) is 19.8. The molecule has 2 aromatic carbocycles. The highest BCUT2D eigenvalue weighted by Crippen LogP contribution is 2.30. The molecule has 0 saturated carbocycles. The summed E-state index contributed by atoms with van der Waals surface area (Å²) in [5, 5.41) is 8.19. The van der Waals surface area contributed by atoms with Crippen molar-refractivity contribution in [1.29, 1.82) is 0 Å². The Morgan fingerprint density at radius 2 is 1.86 bits per heavy atom. The molecule has 194 valence electrons. The standard InChI is InChI=1S/C24H23F3N6O4/c1-15-6-7-18(31-22(35)16-4-3-5-17(10-16)24(25,26)27)11-19(15)32-23(36)33(2)21-12-20(29-13-30-21)28-8-9-37-14-34/h3-7,10-14H,8-9H2,1-2H3,(H,31,35)(H,32,36)(H,28,29,30). The number of ether oxygens (including phenoxy) is 1. The Kier molecular flexibility index (Phi) is 8.61. The molecule has 0 aliphatic carbocycles. The molecule has 0 bridgehead atoms. The summed E-state index contributed by atoms with van der Waals surface area (Å²) in [4.78, 5) is 44.9. The highest BCUT2D eigenvalue weighted by Gasteiger charge is 2.31. The number of urea groups is 1. The number of amides is 3. The molecule has 0 atom stereocenters. The molecule has 0 unspecified atom stereocenters. The lowest BCUT2D eigenvalue weighted by atomic mass is 10.1. The Morgan fingerprint density at radius 3 is 2.59 bits per heavy atom. The van der Waals surface area contributed by atoms with Gasteiger partial charge in [-0.15, -0.1) is 0 Å². The van der Waals surface area contributed by atoms with Gasteiger partial charge in [0.1, 0.15) is 24.6 Å². The van der Waals surface area contributed by atoms with Gasteiger partial charge in [0.25, 0.3) is 12.4 Å². The summed E-state index contributed by atoms with van der Waals surface area (Å²) in [6.07, 6.45) is -3.31. The van der Waals surface area contributed by atoms with Crippen LogP contribution in [0.25, 0.3) is 0 Å². The summed E-state index contributed by atoms with van der Waals surface area (Å²) >= 11 is 0. The minimum atomic E-state index is -4.57. The molecule has 0 aliphatic rings. The van der Waals surface area contributed by atoms with Crippen LogP contribution in [0.2, 0.25) is 0 Å². The molecule has 10 nitrogen and oxygen atoms in total. The van der Waals surface area contributed by atoms with Crippen molar-refractivity contribution in [3.63, 3.8) is 0 Å². The largest absolute Gasteiger partial charge is 0.466 e. The van der Waals surface area contributed by atoms with Crippen LogP contribution in [-0.2, 0) is 15.7 Å². The van der Waals surface area contributed by atoms with E-state index in [-0.39, 0.29) is 23.7 Å². The van der Waals surface area contributed by atoms with Crippen molar-refractivity contribution in [1.82, 2.24) is 9.97 Å². The molecule has 1 aromatic heterocycles. The molecule has 0 fully saturated rings. The van der Waals surface area contributed by atoms with Gasteiger partial charge >= 0.3 is 12.2 Å². The highest BCUT2D eigenvalue weighted by atomic mass is 19.4. The quantitative estimate of drug-likeness (QED) is 0.286. The number of carbonyl (C=O) groups excluding carboxylic acids is 3. The molecule has 0 spiro atoms. The SMILES string of the molecule is Cc1ccc(NC(=O)c2cccc(C(F)(F)F)c2)cc1NC(=O)N(C)c1cc(NCCOC=O)ncn1. The second kappa shape index (κ2) is 11.8. The number of hydrogen-bond donors (Lipinski definition) is 3. The molecule has 0 radical (unpaired) electrons. The second-order valence-electron chi connectivity index (χ2n) is 7.71. The number of aryl methyl sites for hydroxylation is 1. The van der Waals surface area contributed by atoms with Crippen LogP contribution in [-0.4, -0.2) is 48.6 Å². The van der Waals surface area contributed by atoms with Gasteiger partial charge in [-0.3, -0.25) is 14.5 Å². The van der Waals surface area contributed by atoms with Crippen LogP contribution in [0.1, 0.15) is 21.5 Å². The molecule has 3 N–H and O–H groups in total. The monoisotopic (exact) mass is 516 g/mol. The van der Waals surface area contributed by atoms with Gasteiger partial charge in [-0.05, 0) is 42.8 Å². The first-order valence-corrected chi connectivity index (χ1v) is 10.8. The van der Waals surface area contributed by atoms with Crippen LogP contribution in [0.3, 0.4) is 0 Å². The number of rotatable bonds is 9. The number of halogens is 3. The van der Waals surface area contributed by atoms with E-state index >= 15 is 0 Å². The summed E-state index contributed by atoms with van der Waals surface area (Å²) in [6.45, 7) is 2.52. The van der Waals surface area contributed by atoms with E-state index in [1.54, 1.807) is 19.1 Å². The summed E-state index contributed by atoms with van der Waals surface area (Å²) in [5.74, 6) is -0.0449. The lowest BCUT2D eigenvalue weighted by Gasteiger charge is -2.19. The van der Waals surface area contributed by atoms with Gasteiger partial charge in [0.05, 0.1) is 12.1 Å². The van der Waals surface area contributed by atoms with E-state index in [2.05, 4.69) is 30.7 Å². The van der Waals surface area contributed by atoms with Gasteiger partial charge in [-0.25, -0.2) is 14.8 Å². The predicted molar refractivity (Wildman–Crippen MR) is 131 cm³/mol. The summed E-state index contributed by atoms with van der Waals surface area (Å²) in [7, 11) is 1.49. The molecule has 13 heteroatoms. The van der Waals surface area contributed by atoms with Crippen LogP contribution < -0.4 is 20.9 Å². The van der Waals surface area contributed by atoms with E-state index in [0.717, 1.165) is 18.2 Å². The summed E-state index contributed by atoms with van der Waals surface area (Å²) in [5.41, 5.74) is 0.234. The van der Waals surface area contributed by atoms with Gasteiger partial charge in [0, 0.05) is 30.1 Å². The van der Waals surface area contributed by atoms with Gasteiger partial charge in [0.15, 0.2) is 0 Å². The summed E-state index contributed by atoms with van der Waals surface area (Å²) in [6, 6.07) is 9.76. The number of nitrogens with one attached hydrogen (secondary N) is 3. The van der Waals surface area contributed by atoms with Crippen molar-refractivity contribution in [3.8, 4) is 0 Å². The maximum atomic E-state index is 13.0. The average molecular weight is 516 g/mol. The molecule has 0 aliphatic heterocycles. The molecule has 1 heterocycles. The molecule has 3 rings (SSSR count). The second-order valence-corrected chi connectivity index (χ2v) is 7.71. The number of anilines is 4. The van der Waals surface area contributed by atoms with E-state index in [9.17, 15) is 27.6 Å². The third-order valence-corrected chi connectivity index (χ3v) is 5.08. The predicted octanol–water partition coefficient (Wildman–Crippen LogP) is 4.31. The molecular weight excluding hydrogens is 493 g/mol. The van der Waals surface area contributed by atoms with E-state index in [4.69, 9.17) is 0 Å².